The largest absolute Gasteiger partial charge is 0.496 e. The van der Waals surface area contributed by atoms with E-state index in [-0.39, 0.29) is 35.1 Å². The number of carbonyl (C=O) groups excluding carboxylic acids is 1. The van der Waals surface area contributed by atoms with Crippen molar-refractivity contribution in [1.29, 1.82) is 0 Å². The van der Waals surface area contributed by atoms with Crippen molar-refractivity contribution >= 4 is 5.97 Å². The number of aliphatic hydroxyl groups is 1. The summed E-state index contributed by atoms with van der Waals surface area (Å²) in [5, 5.41) is 12.2. The second-order valence-electron chi connectivity index (χ2n) is 12.3. The highest BCUT2D eigenvalue weighted by Gasteiger charge is 2.71. The first kappa shape index (κ1) is 24.0. The van der Waals surface area contributed by atoms with Gasteiger partial charge in [0.25, 0.3) is 0 Å². The maximum absolute atomic E-state index is 13.1. The van der Waals surface area contributed by atoms with Gasteiger partial charge in [0.15, 0.2) is 0 Å². The number of rotatable bonds is 4. The van der Waals surface area contributed by atoms with Gasteiger partial charge in [-0.15, -0.1) is 0 Å². The minimum atomic E-state index is -0.469. The van der Waals surface area contributed by atoms with Crippen LogP contribution in [0, 0.1) is 34.5 Å². The summed E-state index contributed by atoms with van der Waals surface area (Å²) in [6.07, 6.45) is 5.34. The highest BCUT2D eigenvalue weighted by Crippen LogP contribution is 2.75. The molecule has 6 rings (SSSR count). The number of hydrogen-bond acceptors (Lipinski definition) is 5. The molecule has 0 aliphatic heterocycles. The van der Waals surface area contributed by atoms with Gasteiger partial charge in [-0.05, 0) is 86.2 Å². The number of benzene rings is 1. The molecule has 1 aromatic carbocycles. The van der Waals surface area contributed by atoms with Gasteiger partial charge in [0, 0.05) is 16.5 Å². The molecule has 1 spiro atoms. The van der Waals surface area contributed by atoms with E-state index in [1.165, 1.54) is 18.2 Å². The number of esters is 1. The van der Waals surface area contributed by atoms with Gasteiger partial charge in [0.2, 0.25) is 0 Å². The zero-order valence-corrected chi connectivity index (χ0v) is 21.9. The molecule has 5 aliphatic rings. The quantitative estimate of drug-likeness (QED) is 0.591. The third-order valence-corrected chi connectivity index (χ3v) is 11.0. The Morgan fingerprint density at radius 3 is 2.32 bits per heavy atom. The van der Waals surface area contributed by atoms with Gasteiger partial charge in [0.05, 0.1) is 32.8 Å². The monoisotopic (exact) mass is 470 g/mol. The van der Waals surface area contributed by atoms with Gasteiger partial charge in [-0.2, -0.15) is 0 Å². The first-order valence-electron chi connectivity index (χ1n) is 13.1. The molecule has 0 unspecified atom stereocenters. The standard InChI is InChI=1S/C29H42O5/c1-16(2)22-17-15-21-27(3)12-8-13-28(4,26(31)34-7)20(27)11-14-29(21,25(22)30)24-19(33-6)10-9-18(32-5)23(17)24/h9-10,16-17,20-22,25,30H,8,11-15H2,1-7H3/t17-,20+,21+,22-,25+,27-,28-,29-/m0/s1. The molecule has 8 atom stereocenters. The molecule has 3 fully saturated rings. The molecule has 34 heavy (non-hydrogen) atoms. The van der Waals surface area contributed by atoms with Crippen LogP contribution in [0.4, 0.5) is 0 Å². The average molecular weight is 471 g/mol. The Labute approximate surface area is 204 Å². The molecule has 188 valence electrons. The molecular weight excluding hydrogens is 428 g/mol. The summed E-state index contributed by atoms with van der Waals surface area (Å²) in [7, 11) is 5.02. The summed E-state index contributed by atoms with van der Waals surface area (Å²) < 4.78 is 17.2. The summed E-state index contributed by atoms with van der Waals surface area (Å²) in [4.78, 5) is 13.1. The van der Waals surface area contributed by atoms with E-state index in [9.17, 15) is 9.90 Å². The predicted octanol–water partition coefficient (Wildman–Crippen LogP) is 5.47. The van der Waals surface area contributed by atoms with Crippen LogP contribution >= 0.6 is 0 Å². The molecule has 5 aliphatic carbocycles. The second-order valence-corrected chi connectivity index (χ2v) is 12.3. The molecule has 5 heteroatoms. The van der Waals surface area contributed by atoms with Crippen molar-refractivity contribution in [2.24, 2.45) is 34.5 Å². The van der Waals surface area contributed by atoms with E-state index in [0.717, 1.165) is 50.0 Å². The number of fused-ring (bicyclic) bond motifs is 2. The van der Waals surface area contributed by atoms with Crippen LogP contribution in [0.25, 0.3) is 0 Å². The van der Waals surface area contributed by atoms with Crippen LogP contribution in [0.5, 0.6) is 11.5 Å². The molecule has 2 bridgehead atoms. The Morgan fingerprint density at radius 2 is 1.71 bits per heavy atom. The maximum atomic E-state index is 13.1. The lowest BCUT2D eigenvalue weighted by Gasteiger charge is -2.70. The maximum Gasteiger partial charge on any atom is 0.311 e. The molecule has 0 saturated heterocycles. The van der Waals surface area contributed by atoms with Gasteiger partial charge in [-0.1, -0.05) is 27.2 Å². The molecule has 0 heterocycles. The van der Waals surface area contributed by atoms with Crippen molar-refractivity contribution in [3.8, 4) is 11.5 Å². The zero-order chi connectivity index (χ0) is 24.6. The fourth-order valence-corrected chi connectivity index (χ4v) is 9.77. The van der Waals surface area contributed by atoms with Crippen molar-refractivity contribution < 1.29 is 24.1 Å². The van der Waals surface area contributed by atoms with Crippen LogP contribution in [0.1, 0.15) is 83.3 Å². The Kier molecular flexibility index (Phi) is 5.55. The number of carbonyl (C=O) groups is 1. The molecule has 0 radical (unpaired) electrons. The molecule has 0 amide bonds. The molecule has 5 nitrogen and oxygen atoms in total. The average Bonchev–Trinajstić information content (AvgIpc) is 2.82. The third kappa shape index (κ3) is 2.74. The van der Waals surface area contributed by atoms with E-state index in [1.54, 1.807) is 14.2 Å². The van der Waals surface area contributed by atoms with E-state index in [1.807, 2.05) is 12.1 Å². The van der Waals surface area contributed by atoms with Crippen molar-refractivity contribution in [3.63, 3.8) is 0 Å². The minimum absolute atomic E-state index is 0.0492. The molecular formula is C29H42O5. The minimum Gasteiger partial charge on any atom is -0.496 e. The van der Waals surface area contributed by atoms with Crippen molar-refractivity contribution in [1.82, 2.24) is 0 Å². The Morgan fingerprint density at radius 1 is 1.03 bits per heavy atom. The number of ether oxygens (including phenoxy) is 3. The van der Waals surface area contributed by atoms with Crippen LogP contribution in [-0.2, 0) is 14.9 Å². The van der Waals surface area contributed by atoms with Gasteiger partial charge in [-0.3, -0.25) is 4.79 Å². The first-order valence-corrected chi connectivity index (χ1v) is 13.1. The lowest BCUT2D eigenvalue weighted by atomic mass is 9.34. The molecule has 1 N–H and O–H groups in total. The SMILES string of the molecule is COC(=O)[C@@]1(C)CCC[C@]2(C)[C@H]3C[C@@H]4c5c(OC)ccc(OC)c5[C@@]3(CC[C@H]21)[C@H](O)[C@H]4C(C)C. The van der Waals surface area contributed by atoms with E-state index in [0.29, 0.717) is 5.92 Å². The highest BCUT2D eigenvalue weighted by atomic mass is 16.5. The fraction of sp³-hybridized carbons (Fsp3) is 0.759. The summed E-state index contributed by atoms with van der Waals surface area (Å²) >= 11 is 0. The van der Waals surface area contributed by atoms with E-state index in [2.05, 4.69) is 27.7 Å². The van der Waals surface area contributed by atoms with Crippen LogP contribution in [0.15, 0.2) is 12.1 Å². The van der Waals surface area contributed by atoms with Crippen LogP contribution in [0.2, 0.25) is 0 Å². The molecule has 3 saturated carbocycles. The predicted molar refractivity (Wildman–Crippen MR) is 131 cm³/mol. The Bertz CT molecular complexity index is 987. The summed E-state index contributed by atoms with van der Waals surface area (Å²) in [5.74, 6) is 3.02. The van der Waals surface area contributed by atoms with E-state index >= 15 is 0 Å². The summed E-state index contributed by atoms with van der Waals surface area (Å²) in [5.41, 5.74) is 1.54. The zero-order valence-electron chi connectivity index (χ0n) is 21.9. The Balaban J connectivity index is 1.75. The van der Waals surface area contributed by atoms with Crippen molar-refractivity contribution in [2.75, 3.05) is 21.3 Å². The van der Waals surface area contributed by atoms with Crippen LogP contribution in [-0.4, -0.2) is 38.5 Å². The van der Waals surface area contributed by atoms with Crippen molar-refractivity contribution in [3.05, 3.63) is 23.3 Å². The van der Waals surface area contributed by atoms with Gasteiger partial charge >= 0.3 is 5.97 Å². The van der Waals surface area contributed by atoms with Gasteiger partial charge < -0.3 is 19.3 Å². The van der Waals surface area contributed by atoms with Crippen molar-refractivity contribution in [2.45, 2.75) is 83.7 Å². The van der Waals surface area contributed by atoms with Gasteiger partial charge in [0.1, 0.15) is 11.5 Å². The normalized spacial score (nSPS) is 42.4. The topological polar surface area (TPSA) is 65.0 Å². The molecule has 1 aromatic rings. The summed E-state index contributed by atoms with van der Waals surface area (Å²) in [6.45, 7) is 9.03. The number of aliphatic hydroxyl groups excluding tert-OH is 1. The fourth-order valence-electron chi connectivity index (χ4n) is 9.77. The first-order chi connectivity index (χ1) is 16.1. The lowest BCUT2D eigenvalue weighted by Crippen LogP contribution is -2.69. The third-order valence-electron chi connectivity index (χ3n) is 11.0. The van der Waals surface area contributed by atoms with E-state index < -0.39 is 16.9 Å². The van der Waals surface area contributed by atoms with Gasteiger partial charge in [-0.25, -0.2) is 0 Å². The molecule has 0 aromatic heterocycles. The van der Waals surface area contributed by atoms with E-state index in [4.69, 9.17) is 14.2 Å². The van der Waals surface area contributed by atoms with Crippen LogP contribution in [0.3, 0.4) is 0 Å². The number of methoxy groups -OCH3 is 3. The summed E-state index contributed by atoms with van der Waals surface area (Å²) in [6, 6.07) is 4.06. The highest BCUT2D eigenvalue weighted by molar-refractivity contribution is 5.77. The smallest absolute Gasteiger partial charge is 0.311 e. The Hall–Kier alpha value is -1.75. The van der Waals surface area contributed by atoms with Crippen LogP contribution < -0.4 is 9.47 Å². The second kappa shape index (κ2) is 7.88. The number of hydrogen-bond donors (Lipinski definition) is 1. The lowest BCUT2D eigenvalue weighted by molar-refractivity contribution is -0.201.